The highest BCUT2D eigenvalue weighted by Gasteiger charge is 2.15. The molecule has 2 amide bonds. The van der Waals surface area contributed by atoms with Crippen molar-refractivity contribution in [2.45, 2.75) is 26.7 Å². The van der Waals surface area contributed by atoms with Gasteiger partial charge in [-0.3, -0.25) is 0 Å². The fourth-order valence-corrected chi connectivity index (χ4v) is 2.80. The number of nitrogens with zero attached hydrogens (tertiary/aromatic N) is 4. The van der Waals surface area contributed by atoms with Gasteiger partial charge in [0.25, 0.3) is 11.4 Å². The van der Waals surface area contributed by atoms with Crippen molar-refractivity contribution in [1.82, 2.24) is 20.9 Å². The summed E-state index contributed by atoms with van der Waals surface area (Å²) >= 11 is 0. The topological polar surface area (TPSA) is 123 Å². The van der Waals surface area contributed by atoms with Gasteiger partial charge < -0.3 is 9.47 Å². The molecule has 0 heterocycles. The first-order chi connectivity index (χ1) is 17.2. The lowest BCUT2D eigenvalue weighted by Crippen LogP contribution is -2.42. The molecule has 0 spiro atoms. The van der Waals surface area contributed by atoms with Gasteiger partial charge in [0.05, 0.1) is 0 Å². The van der Waals surface area contributed by atoms with Crippen molar-refractivity contribution in [2.24, 2.45) is 0 Å². The van der Waals surface area contributed by atoms with Crippen LogP contribution in [0.1, 0.15) is 26.7 Å². The summed E-state index contributed by atoms with van der Waals surface area (Å²) in [4.78, 5) is 45.5. The number of amides is 2. The van der Waals surface area contributed by atoms with Crippen molar-refractivity contribution in [3.8, 4) is 11.5 Å². The lowest BCUT2D eigenvalue weighted by atomic mass is 10.3. The zero-order valence-corrected chi connectivity index (χ0v) is 21.7. The summed E-state index contributed by atoms with van der Waals surface area (Å²) in [6.45, 7) is 5.07. The highest BCUT2D eigenvalue weighted by molar-refractivity contribution is 5.70. The summed E-state index contributed by atoms with van der Waals surface area (Å²) in [5.41, 5.74) is 6.52. The van der Waals surface area contributed by atoms with E-state index in [9.17, 15) is 19.4 Å². The average Bonchev–Trinajstić information content (AvgIpc) is 2.86. The van der Waals surface area contributed by atoms with Gasteiger partial charge in [-0.05, 0) is 37.1 Å². The third-order valence-electron chi connectivity index (χ3n) is 4.69. The van der Waals surface area contributed by atoms with Crippen LogP contribution in [-0.2, 0) is 0 Å². The third-order valence-corrected chi connectivity index (χ3v) is 4.69. The molecule has 0 radical (unpaired) electrons. The van der Waals surface area contributed by atoms with Gasteiger partial charge in [-0.25, -0.2) is 30.5 Å². The Labute approximate surface area is 211 Å². The van der Waals surface area contributed by atoms with E-state index in [0.29, 0.717) is 36.0 Å². The van der Waals surface area contributed by atoms with E-state index in [4.69, 9.17) is 9.47 Å². The van der Waals surface area contributed by atoms with Crippen LogP contribution in [0, 0.1) is 9.81 Å². The molecule has 12 heteroatoms. The van der Waals surface area contributed by atoms with Crippen molar-refractivity contribution < 1.29 is 28.6 Å². The molecule has 0 bridgehead atoms. The lowest BCUT2D eigenvalue weighted by Gasteiger charge is -2.19. The molecule has 0 aliphatic carbocycles. The maximum Gasteiger partial charge on any atom is 0.429 e. The van der Waals surface area contributed by atoms with E-state index in [0.717, 1.165) is 22.4 Å². The van der Waals surface area contributed by atoms with Gasteiger partial charge in [-0.1, -0.05) is 13.8 Å². The molecule has 36 heavy (non-hydrogen) atoms. The molecule has 0 saturated heterocycles. The van der Waals surface area contributed by atoms with Gasteiger partial charge >= 0.3 is 12.2 Å². The van der Waals surface area contributed by atoms with Crippen LogP contribution in [0.4, 0.5) is 21.0 Å². The zero-order chi connectivity index (χ0) is 27.1. The Hall–Kier alpha value is -3.90. The summed E-state index contributed by atoms with van der Waals surface area (Å²) < 4.78 is 11.8. The number of rotatable bonds is 10. The number of benzene rings is 2. The number of nitroso groups, excluding NO2 is 2. The Morgan fingerprint density at radius 2 is 1.00 bits per heavy atom. The van der Waals surface area contributed by atoms with E-state index in [1.807, 2.05) is 13.8 Å². The molecule has 0 unspecified atom stereocenters. The van der Waals surface area contributed by atoms with Gasteiger partial charge in [-0.15, -0.1) is 0 Å². The molecule has 0 aliphatic rings. The molecule has 0 saturated carbocycles. The number of hydrogen-bond acceptors (Lipinski definition) is 8. The van der Waals surface area contributed by atoms with Gasteiger partial charge in [0.15, 0.2) is 14.1 Å². The van der Waals surface area contributed by atoms with Crippen molar-refractivity contribution in [2.75, 3.05) is 41.3 Å². The smallest absolute Gasteiger partial charge is 0.409 e. The standard InChI is InChI=1S/2C12H18N3O3/c2*1-4-9-15(13-2)12(16)18-11-7-5-10(6-8-11)14(3)17/h2*5-8,13H,4,9H2,1-3H3/q2*+1. The number of hydrogen-bond donors (Lipinski definition) is 2. The second kappa shape index (κ2) is 15.9. The molecule has 0 fully saturated rings. The van der Waals surface area contributed by atoms with Crippen LogP contribution < -0.4 is 20.3 Å². The van der Waals surface area contributed by atoms with Crippen LogP contribution in [-0.4, -0.2) is 73.0 Å². The summed E-state index contributed by atoms with van der Waals surface area (Å²) in [6.07, 6.45) is 0.719. The number of hydrazine groups is 2. The predicted octanol–water partition coefficient (Wildman–Crippen LogP) is 4.14. The largest absolute Gasteiger partial charge is 0.429 e. The summed E-state index contributed by atoms with van der Waals surface area (Å²) in [5.74, 6) is 0.809. The van der Waals surface area contributed by atoms with Gasteiger partial charge in [-0.2, -0.15) is 0 Å². The molecular formula is C24H36N6O6+2. The third kappa shape index (κ3) is 10.2. The number of ether oxygens (including phenoxy) is 2. The first kappa shape index (κ1) is 30.1. The van der Waals surface area contributed by atoms with Gasteiger partial charge in [0.1, 0.15) is 11.5 Å². The summed E-state index contributed by atoms with van der Waals surface area (Å²) in [5, 5.41) is 2.77. The zero-order valence-electron chi connectivity index (χ0n) is 21.7. The normalized spacial score (nSPS) is 9.94. The van der Waals surface area contributed by atoms with E-state index < -0.39 is 12.2 Å². The minimum absolute atomic E-state index is 0.405. The summed E-state index contributed by atoms with van der Waals surface area (Å²) in [7, 11) is 6.13. The second-order valence-electron chi connectivity index (χ2n) is 7.47. The molecule has 196 valence electrons. The Morgan fingerprint density at radius 3 is 1.22 bits per heavy atom. The first-order valence-electron chi connectivity index (χ1n) is 11.5. The van der Waals surface area contributed by atoms with Crippen molar-refractivity contribution >= 4 is 23.6 Å². The Kier molecular flexibility index (Phi) is 13.3. The predicted molar refractivity (Wildman–Crippen MR) is 135 cm³/mol. The molecule has 0 aromatic heterocycles. The molecule has 0 aliphatic heterocycles. The first-order valence-corrected chi connectivity index (χ1v) is 11.5. The number of carbonyl (C=O) groups excluding carboxylic acids is 2. The van der Waals surface area contributed by atoms with E-state index in [-0.39, 0.29) is 0 Å². The van der Waals surface area contributed by atoms with Crippen LogP contribution in [0.15, 0.2) is 48.5 Å². The highest BCUT2D eigenvalue weighted by atomic mass is 16.6. The van der Waals surface area contributed by atoms with Crippen molar-refractivity contribution in [3.05, 3.63) is 58.3 Å². The molecule has 0 atom stereocenters. The Bertz CT molecular complexity index is 916. The number of carbonyl (C=O) groups is 2. The molecule has 2 aromatic rings. The van der Waals surface area contributed by atoms with Gasteiger partial charge in [0.2, 0.25) is 0 Å². The maximum absolute atomic E-state index is 11.7. The van der Waals surface area contributed by atoms with E-state index in [1.54, 1.807) is 62.6 Å². The van der Waals surface area contributed by atoms with Gasteiger partial charge in [0, 0.05) is 70.8 Å². The van der Waals surface area contributed by atoms with Crippen molar-refractivity contribution in [1.29, 1.82) is 0 Å². The minimum Gasteiger partial charge on any atom is -0.409 e. The van der Waals surface area contributed by atoms with Crippen LogP contribution in [0.5, 0.6) is 11.5 Å². The monoisotopic (exact) mass is 504 g/mol. The highest BCUT2D eigenvalue weighted by Crippen LogP contribution is 2.18. The minimum atomic E-state index is -0.470. The maximum atomic E-state index is 11.7. The second-order valence-corrected chi connectivity index (χ2v) is 7.47. The lowest BCUT2D eigenvalue weighted by molar-refractivity contribution is -0.428. The average molecular weight is 505 g/mol. The van der Waals surface area contributed by atoms with E-state index in [2.05, 4.69) is 10.9 Å². The van der Waals surface area contributed by atoms with Crippen LogP contribution in [0.2, 0.25) is 0 Å². The van der Waals surface area contributed by atoms with E-state index in [1.165, 1.54) is 24.1 Å². The molecular weight excluding hydrogens is 468 g/mol. The molecule has 2 aromatic carbocycles. The van der Waals surface area contributed by atoms with Crippen LogP contribution >= 0.6 is 0 Å². The fourth-order valence-electron chi connectivity index (χ4n) is 2.80. The van der Waals surface area contributed by atoms with Crippen LogP contribution in [0.25, 0.3) is 0 Å². The van der Waals surface area contributed by atoms with Crippen LogP contribution in [0.3, 0.4) is 0 Å². The SMILES string of the molecule is CCCN(NC)C(=O)Oc1ccc([N+](C)=O)cc1.CCCN(NC)C(=O)Oc1ccc([N+](C)=O)cc1. The molecule has 2 N–H and O–H groups in total. The summed E-state index contributed by atoms with van der Waals surface area (Å²) in [6, 6.07) is 12.7. The fraction of sp³-hybridized carbons (Fsp3) is 0.417. The number of nitrogens with one attached hydrogen (secondary N) is 2. The van der Waals surface area contributed by atoms with E-state index >= 15 is 0 Å². The van der Waals surface area contributed by atoms with Crippen molar-refractivity contribution in [3.63, 3.8) is 0 Å². The molecule has 12 nitrogen and oxygen atoms in total. The Morgan fingerprint density at radius 1 is 0.694 bits per heavy atom. The quantitative estimate of drug-likeness (QED) is 0.365. The Balaban J connectivity index is 0.000000360. The molecule has 2 rings (SSSR count).